The molecule has 0 radical (unpaired) electrons. The predicted octanol–water partition coefficient (Wildman–Crippen LogP) is 1.75. The van der Waals surface area contributed by atoms with Gasteiger partial charge in [0.2, 0.25) is 5.91 Å². The number of hydrogen-bond acceptors (Lipinski definition) is 3. The van der Waals surface area contributed by atoms with Gasteiger partial charge in [-0.05, 0) is 18.2 Å². The SMILES string of the molecule is CCN(CC(=O)N(C)C)C(CN)c1ccccc1Cl. The number of nitrogens with two attached hydrogens (primary N) is 1. The maximum absolute atomic E-state index is 11.9. The van der Waals surface area contributed by atoms with Crippen LogP contribution in [0.25, 0.3) is 0 Å². The molecule has 1 aromatic carbocycles. The van der Waals surface area contributed by atoms with Crippen LogP contribution in [0.5, 0.6) is 0 Å². The zero-order valence-corrected chi connectivity index (χ0v) is 12.5. The molecular formula is C14H22ClN3O. The number of halogens is 1. The van der Waals surface area contributed by atoms with Gasteiger partial charge in [0, 0.05) is 31.7 Å². The molecule has 0 saturated heterocycles. The number of nitrogens with zero attached hydrogens (tertiary/aromatic N) is 2. The average molecular weight is 284 g/mol. The molecule has 0 aliphatic heterocycles. The van der Waals surface area contributed by atoms with Crippen molar-refractivity contribution in [3.63, 3.8) is 0 Å². The van der Waals surface area contributed by atoms with Crippen molar-refractivity contribution in [3.8, 4) is 0 Å². The van der Waals surface area contributed by atoms with Gasteiger partial charge >= 0.3 is 0 Å². The van der Waals surface area contributed by atoms with Gasteiger partial charge in [0.25, 0.3) is 0 Å². The Morgan fingerprint density at radius 1 is 1.37 bits per heavy atom. The van der Waals surface area contributed by atoms with Crippen LogP contribution in [0.4, 0.5) is 0 Å². The maximum Gasteiger partial charge on any atom is 0.236 e. The van der Waals surface area contributed by atoms with Crippen molar-refractivity contribution in [1.29, 1.82) is 0 Å². The molecule has 0 heterocycles. The van der Waals surface area contributed by atoms with Crippen LogP contribution in [-0.2, 0) is 4.79 Å². The molecule has 0 aromatic heterocycles. The molecule has 1 atom stereocenters. The fraction of sp³-hybridized carbons (Fsp3) is 0.500. The third-order valence-corrected chi connectivity index (χ3v) is 3.52. The zero-order chi connectivity index (χ0) is 14.4. The molecule has 0 aliphatic rings. The van der Waals surface area contributed by atoms with E-state index in [9.17, 15) is 4.79 Å². The summed E-state index contributed by atoms with van der Waals surface area (Å²) in [6.07, 6.45) is 0. The molecule has 106 valence electrons. The van der Waals surface area contributed by atoms with Crippen molar-refractivity contribution >= 4 is 17.5 Å². The molecule has 1 aromatic rings. The Hall–Kier alpha value is -1.10. The molecule has 4 nitrogen and oxygen atoms in total. The molecule has 2 N–H and O–H groups in total. The van der Waals surface area contributed by atoms with E-state index >= 15 is 0 Å². The highest BCUT2D eigenvalue weighted by Crippen LogP contribution is 2.26. The summed E-state index contributed by atoms with van der Waals surface area (Å²) < 4.78 is 0. The minimum atomic E-state index is -0.0393. The predicted molar refractivity (Wildman–Crippen MR) is 79.2 cm³/mol. The molecule has 1 rings (SSSR count). The summed E-state index contributed by atoms with van der Waals surface area (Å²) >= 11 is 6.22. The van der Waals surface area contributed by atoms with Crippen molar-refractivity contribution in [3.05, 3.63) is 34.9 Å². The molecular weight excluding hydrogens is 262 g/mol. The first-order valence-electron chi connectivity index (χ1n) is 6.39. The molecule has 0 bridgehead atoms. The number of likely N-dealkylation sites (N-methyl/N-ethyl adjacent to an activating group) is 2. The van der Waals surface area contributed by atoms with Gasteiger partial charge < -0.3 is 10.6 Å². The molecule has 5 heteroatoms. The average Bonchev–Trinajstić information content (AvgIpc) is 2.39. The Morgan fingerprint density at radius 3 is 2.47 bits per heavy atom. The Kier molecular flexibility index (Phi) is 6.28. The van der Waals surface area contributed by atoms with Gasteiger partial charge in [0.05, 0.1) is 6.54 Å². The van der Waals surface area contributed by atoms with E-state index in [1.165, 1.54) is 0 Å². The van der Waals surface area contributed by atoms with Crippen LogP contribution in [0, 0.1) is 0 Å². The first-order chi connectivity index (χ1) is 9.01. The van der Waals surface area contributed by atoms with Crippen molar-refractivity contribution in [1.82, 2.24) is 9.80 Å². The topological polar surface area (TPSA) is 49.6 Å². The third-order valence-electron chi connectivity index (χ3n) is 3.17. The number of benzene rings is 1. The molecule has 19 heavy (non-hydrogen) atoms. The largest absolute Gasteiger partial charge is 0.348 e. The number of carbonyl (C=O) groups is 1. The zero-order valence-electron chi connectivity index (χ0n) is 11.8. The van der Waals surface area contributed by atoms with E-state index in [1.54, 1.807) is 19.0 Å². The summed E-state index contributed by atoms with van der Waals surface area (Å²) in [5.41, 5.74) is 6.85. The minimum absolute atomic E-state index is 0.0393. The first kappa shape index (κ1) is 16.0. The van der Waals surface area contributed by atoms with E-state index in [4.69, 9.17) is 17.3 Å². The van der Waals surface area contributed by atoms with Crippen molar-refractivity contribution in [2.45, 2.75) is 13.0 Å². The van der Waals surface area contributed by atoms with Crippen LogP contribution in [-0.4, -0.2) is 49.4 Å². The molecule has 0 saturated carbocycles. The lowest BCUT2D eigenvalue weighted by atomic mass is 10.1. The summed E-state index contributed by atoms with van der Waals surface area (Å²) in [5, 5.41) is 0.689. The second-order valence-corrected chi connectivity index (χ2v) is 5.03. The van der Waals surface area contributed by atoms with Gasteiger partial charge in [-0.2, -0.15) is 0 Å². The van der Waals surface area contributed by atoms with Gasteiger partial charge in [0.15, 0.2) is 0 Å². The summed E-state index contributed by atoms with van der Waals surface area (Å²) in [4.78, 5) is 15.5. The monoisotopic (exact) mass is 283 g/mol. The Labute approximate surface area is 120 Å². The van der Waals surface area contributed by atoms with Crippen LogP contribution in [0.2, 0.25) is 5.02 Å². The van der Waals surface area contributed by atoms with E-state index in [1.807, 2.05) is 36.1 Å². The van der Waals surface area contributed by atoms with Gasteiger partial charge in [-0.15, -0.1) is 0 Å². The summed E-state index contributed by atoms with van der Waals surface area (Å²) in [5.74, 6) is 0.0624. The van der Waals surface area contributed by atoms with Crippen LogP contribution in [0.15, 0.2) is 24.3 Å². The second-order valence-electron chi connectivity index (χ2n) is 4.62. The smallest absolute Gasteiger partial charge is 0.236 e. The van der Waals surface area contributed by atoms with Gasteiger partial charge in [0.1, 0.15) is 0 Å². The Bertz CT molecular complexity index is 423. The van der Waals surface area contributed by atoms with Crippen LogP contribution >= 0.6 is 11.6 Å². The van der Waals surface area contributed by atoms with Crippen LogP contribution < -0.4 is 5.73 Å². The Balaban J connectivity index is 2.93. The van der Waals surface area contributed by atoms with E-state index in [0.29, 0.717) is 18.1 Å². The molecule has 0 fully saturated rings. The second kappa shape index (κ2) is 7.48. The van der Waals surface area contributed by atoms with E-state index in [2.05, 4.69) is 0 Å². The lowest BCUT2D eigenvalue weighted by Gasteiger charge is -2.31. The lowest BCUT2D eigenvalue weighted by Crippen LogP contribution is -2.41. The van der Waals surface area contributed by atoms with Crippen molar-refractivity contribution in [2.75, 3.05) is 33.7 Å². The summed E-state index contributed by atoms with van der Waals surface area (Å²) in [7, 11) is 3.51. The summed E-state index contributed by atoms with van der Waals surface area (Å²) in [6, 6.07) is 7.60. The fourth-order valence-corrected chi connectivity index (χ4v) is 2.24. The molecule has 0 aliphatic carbocycles. The summed E-state index contributed by atoms with van der Waals surface area (Å²) in [6.45, 7) is 3.53. The Morgan fingerprint density at radius 2 is 2.00 bits per heavy atom. The van der Waals surface area contributed by atoms with E-state index in [0.717, 1.165) is 12.1 Å². The number of hydrogen-bond donors (Lipinski definition) is 1. The molecule has 0 spiro atoms. The standard InChI is InChI=1S/C14H22ClN3O/c1-4-18(10-14(19)17(2)3)13(9-16)11-7-5-6-8-12(11)15/h5-8,13H,4,9-10,16H2,1-3H3. The van der Waals surface area contributed by atoms with Crippen molar-refractivity contribution in [2.24, 2.45) is 5.73 Å². The van der Waals surface area contributed by atoms with Crippen molar-refractivity contribution < 1.29 is 4.79 Å². The molecule has 1 unspecified atom stereocenters. The highest BCUT2D eigenvalue weighted by molar-refractivity contribution is 6.31. The van der Waals surface area contributed by atoms with Gasteiger partial charge in [-0.1, -0.05) is 36.7 Å². The maximum atomic E-state index is 11.9. The van der Waals surface area contributed by atoms with Gasteiger partial charge in [-0.25, -0.2) is 0 Å². The first-order valence-corrected chi connectivity index (χ1v) is 6.77. The fourth-order valence-electron chi connectivity index (χ4n) is 1.98. The number of carbonyl (C=O) groups excluding carboxylic acids is 1. The minimum Gasteiger partial charge on any atom is -0.348 e. The highest BCUT2D eigenvalue weighted by atomic mass is 35.5. The van der Waals surface area contributed by atoms with Gasteiger partial charge in [-0.3, -0.25) is 9.69 Å². The lowest BCUT2D eigenvalue weighted by molar-refractivity contribution is -0.130. The quantitative estimate of drug-likeness (QED) is 0.865. The van der Waals surface area contributed by atoms with E-state index < -0.39 is 0 Å². The van der Waals surface area contributed by atoms with Crippen LogP contribution in [0.1, 0.15) is 18.5 Å². The number of amides is 1. The molecule has 1 amide bonds. The number of rotatable bonds is 6. The normalized spacial score (nSPS) is 12.5. The highest BCUT2D eigenvalue weighted by Gasteiger charge is 2.22. The van der Waals surface area contributed by atoms with E-state index in [-0.39, 0.29) is 11.9 Å². The van der Waals surface area contributed by atoms with Crippen LogP contribution in [0.3, 0.4) is 0 Å². The third kappa shape index (κ3) is 4.20.